The first kappa shape index (κ1) is 18.0. The van der Waals surface area contributed by atoms with Gasteiger partial charge in [0.25, 0.3) is 0 Å². The Kier molecular flexibility index (Phi) is 5.01. The molecule has 2 aromatic rings. The lowest BCUT2D eigenvalue weighted by atomic mass is 9.87. The van der Waals surface area contributed by atoms with Crippen molar-refractivity contribution in [2.45, 2.75) is 65.5 Å². The molecule has 24 heavy (non-hydrogen) atoms. The average molecular weight is 332 g/mol. The lowest BCUT2D eigenvalue weighted by molar-refractivity contribution is -0.121. The van der Waals surface area contributed by atoms with Crippen molar-refractivity contribution < 1.29 is 4.79 Å². The van der Waals surface area contributed by atoms with Crippen LogP contribution in [0.2, 0.25) is 0 Å². The lowest BCUT2D eigenvalue weighted by Crippen LogP contribution is -2.17. The largest absolute Gasteiger partial charge is 0.382 e. The fourth-order valence-corrected chi connectivity index (χ4v) is 2.72. The molecule has 7 heteroatoms. The third-order valence-corrected chi connectivity index (χ3v) is 4.43. The van der Waals surface area contributed by atoms with Crippen molar-refractivity contribution in [2.24, 2.45) is 0 Å². The van der Waals surface area contributed by atoms with Gasteiger partial charge in [-0.1, -0.05) is 13.8 Å². The number of hydrogen-bond donors (Lipinski definition) is 2. The van der Waals surface area contributed by atoms with Crippen LogP contribution in [0, 0.1) is 0 Å². The highest BCUT2D eigenvalue weighted by atomic mass is 16.1. The Morgan fingerprint density at radius 1 is 0.833 bits per heavy atom. The van der Waals surface area contributed by atoms with Crippen LogP contribution < -0.4 is 11.5 Å². The SMILES string of the molecule is CC(C(=O)C(C)c1cn(C(C)C)nc1N)c1cn(C(C)C)nc1N. The second-order valence-electron chi connectivity index (χ2n) is 6.93. The molecule has 2 aromatic heterocycles. The van der Waals surface area contributed by atoms with Gasteiger partial charge in [0.1, 0.15) is 17.4 Å². The van der Waals surface area contributed by atoms with E-state index >= 15 is 0 Å². The van der Waals surface area contributed by atoms with Gasteiger partial charge in [-0.25, -0.2) is 0 Å². The summed E-state index contributed by atoms with van der Waals surface area (Å²) in [7, 11) is 0. The quantitative estimate of drug-likeness (QED) is 0.846. The molecule has 7 nitrogen and oxygen atoms in total. The van der Waals surface area contributed by atoms with Crippen LogP contribution in [0.3, 0.4) is 0 Å². The Labute approximate surface area is 143 Å². The van der Waals surface area contributed by atoms with Gasteiger partial charge in [-0.05, 0) is 27.7 Å². The van der Waals surface area contributed by atoms with E-state index in [0.29, 0.717) is 11.6 Å². The second-order valence-corrected chi connectivity index (χ2v) is 6.93. The highest BCUT2D eigenvalue weighted by Gasteiger charge is 2.28. The van der Waals surface area contributed by atoms with Crippen molar-refractivity contribution in [1.29, 1.82) is 0 Å². The third kappa shape index (κ3) is 3.29. The summed E-state index contributed by atoms with van der Waals surface area (Å²) in [4.78, 5) is 12.9. The first-order valence-electron chi connectivity index (χ1n) is 8.36. The Balaban J connectivity index is 2.27. The molecular formula is C17H28N6O. The molecule has 0 radical (unpaired) electrons. The molecule has 0 bridgehead atoms. The highest BCUT2D eigenvalue weighted by molar-refractivity contribution is 5.92. The molecule has 4 N–H and O–H groups in total. The number of carbonyl (C=O) groups excluding carboxylic acids is 1. The average Bonchev–Trinajstić information content (AvgIpc) is 3.08. The molecule has 0 aromatic carbocycles. The highest BCUT2D eigenvalue weighted by Crippen LogP contribution is 2.31. The maximum absolute atomic E-state index is 12.9. The molecule has 0 saturated carbocycles. The molecular weight excluding hydrogens is 304 g/mol. The summed E-state index contributed by atoms with van der Waals surface area (Å²) in [6.45, 7) is 11.8. The van der Waals surface area contributed by atoms with E-state index in [1.165, 1.54) is 0 Å². The number of rotatable bonds is 6. The summed E-state index contributed by atoms with van der Waals surface area (Å²) >= 11 is 0. The number of Topliss-reactive ketones (excluding diaryl/α,β-unsaturated/α-hetero) is 1. The van der Waals surface area contributed by atoms with Crippen LogP contribution in [0.1, 0.15) is 76.6 Å². The number of aromatic nitrogens is 4. The molecule has 0 aliphatic carbocycles. The first-order valence-corrected chi connectivity index (χ1v) is 8.36. The zero-order chi connectivity index (χ0) is 18.2. The van der Waals surface area contributed by atoms with Gasteiger partial charge in [0, 0.05) is 47.4 Å². The summed E-state index contributed by atoms with van der Waals surface area (Å²) < 4.78 is 3.56. The summed E-state index contributed by atoms with van der Waals surface area (Å²) in [5, 5.41) is 8.58. The van der Waals surface area contributed by atoms with E-state index in [2.05, 4.69) is 10.2 Å². The molecule has 0 aliphatic heterocycles. The van der Waals surface area contributed by atoms with E-state index in [4.69, 9.17) is 11.5 Å². The summed E-state index contributed by atoms with van der Waals surface area (Å²) in [5.41, 5.74) is 13.5. The second kappa shape index (κ2) is 6.67. The number of hydrogen-bond acceptors (Lipinski definition) is 5. The van der Waals surface area contributed by atoms with Crippen LogP contribution in [0.15, 0.2) is 12.4 Å². The zero-order valence-electron chi connectivity index (χ0n) is 15.3. The number of nitrogens with two attached hydrogens (primary N) is 2. The molecule has 0 saturated heterocycles. The third-order valence-electron chi connectivity index (χ3n) is 4.43. The van der Waals surface area contributed by atoms with E-state index < -0.39 is 0 Å². The molecule has 2 unspecified atom stereocenters. The smallest absolute Gasteiger partial charge is 0.149 e. The first-order chi connectivity index (χ1) is 11.1. The summed E-state index contributed by atoms with van der Waals surface area (Å²) in [5.74, 6) is 0.161. The van der Waals surface area contributed by atoms with Gasteiger partial charge in [-0.15, -0.1) is 0 Å². The topological polar surface area (TPSA) is 105 Å². The van der Waals surface area contributed by atoms with Gasteiger partial charge in [0.15, 0.2) is 0 Å². The number of ketones is 1. The minimum atomic E-state index is -0.353. The maximum Gasteiger partial charge on any atom is 0.149 e. The van der Waals surface area contributed by atoms with Crippen LogP contribution >= 0.6 is 0 Å². The number of nitrogen functional groups attached to an aromatic ring is 2. The van der Waals surface area contributed by atoms with Gasteiger partial charge >= 0.3 is 0 Å². The standard InChI is InChI=1S/C17H28N6O/c1-9(2)22-7-13(16(18)20-22)11(5)15(24)12(6)14-8-23(10(3)4)21-17(14)19/h7-12H,1-6H3,(H2,18,20)(H2,19,21). The monoisotopic (exact) mass is 332 g/mol. The Morgan fingerprint density at radius 3 is 1.42 bits per heavy atom. The predicted octanol–water partition coefficient (Wildman–Crippen LogP) is 2.88. The van der Waals surface area contributed by atoms with Crippen LogP contribution in [-0.4, -0.2) is 25.3 Å². The van der Waals surface area contributed by atoms with Crippen LogP contribution in [0.25, 0.3) is 0 Å². The molecule has 0 fully saturated rings. The van der Waals surface area contributed by atoms with Crippen LogP contribution in [-0.2, 0) is 4.79 Å². The summed E-state index contributed by atoms with van der Waals surface area (Å²) in [6.07, 6.45) is 3.71. The molecule has 2 heterocycles. The maximum atomic E-state index is 12.9. The Hall–Kier alpha value is -2.31. The molecule has 2 atom stereocenters. The zero-order valence-corrected chi connectivity index (χ0v) is 15.3. The van der Waals surface area contributed by atoms with Crippen molar-refractivity contribution in [3.8, 4) is 0 Å². The van der Waals surface area contributed by atoms with Crippen molar-refractivity contribution in [2.75, 3.05) is 11.5 Å². The van der Waals surface area contributed by atoms with E-state index in [0.717, 1.165) is 11.1 Å². The Morgan fingerprint density at radius 2 is 1.17 bits per heavy atom. The Bertz CT molecular complexity index is 667. The fraction of sp³-hybridized carbons (Fsp3) is 0.588. The van der Waals surface area contributed by atoms with Crippen molar-refractivity contribution >= 4 is 17.4 Å². The normalized spacial score (nSPS) is 14.3. The number of anilines is 2. The molecule has 132 valence electrons. The van der Waals surface area contributed by atoms with Gasteiger partial charge < -0.3 is 11.5 Å². The van der Waals surface area contributed by atoms with E-state index in [9.17, 15) is 4.79 Å². The van der Waals surface area contributed by atoms with Crippen molar-refractivity contribution in [3.05, 3.63) is 23.5 Å². The van der Waals surface area contributed by atoms with Gasteiger partial charge in [-0.3, -0.25) is 14.2 Å². The molecule has 0 aliphatic rings. The van der Waals surface area contributed by atoms with Crippen LogP contribution in [0.4, 0.5) is 11.6 Å². The van der Waals surface area contributed by atoms with Crippen LogP contribution in [0.5, 0.6) is 0 Å². The lowest BCUT2D eigenvalue weighted by Gasteiger charge is -2.15. The fourth-order valence-electron chi connectivity index (χ4n) is 2.72. The molecule has 0 spiro atoms. The van der Waals surface area contributed by atoms with E-state index in [1.807, 2.05) is 53.9 Å². The number of carbonyl (C=O) groups is 1. The summed E-state index contributed by atoms with van der Waals surface area (Å²) in [6, 6.07) is 0.390. The molecule has 2 rings (SSSR count). The van der Waals surface area contributed by atoms with Gasteiger partial charge in [0.2, 0.25) is 0 Å². The predicted molar refractivity (Wildman–Crippen MR) is 95.9 cm³/mol. The van der Waals surface area contributed by atoms with Gasteiger partial charge in [0.05, 0.1) is 0 Å². The van der Waals surface area contributed by atoms with E-state index in [1.54, 1.807) is 9.36 Å². The van der Waals surface area contributed by atoms with E-state index in [-0.39, 0.29) is 29.7 Å². The van der Waals surface area contributed by atoms with Crippen molar-refractivity contribution in [1.82, 2.24) is 19.6 Å². The van der Waals surface area contributed by atoms with Gasteiger partial charge in [-0.2, -0.15) is 10.2 Å². The minimum Gasteiger partial charge on any atom is -0.382 e. The van der Waals surface area contributed by atoms with Crippen molar-refractivity contribution in [3.63, 3.8) is 0 Å². The minimum absolute atomic E-state index is 0.0556. The molecule has 0 amide bonds. The number of nitrogens with zero attached hydrogens (tertiary/aromatic N) is 4.